The number of methoxy groups -OCH3 is 1. The summed E-state index contributed by atoms with van der Waals surface area (Å²) in [6.07, 6.45) is 3.43. The Bertz CT molecular complexity index is 431. The highest BCUT2D eigenvalue weighted by atomic mass is 16.5. The molecule has 2 atom stereocenters. The SMILES string of the molecule is CCCC1Oc2c(OC)cc(CC)cc2C1NCC. The van der Waals surface area contributed by atoms with Gasteiger partial charge in [0.25, 0.3) is 0 Å². The summed E-state index contributed by atoms with van der Waals surface area (Å²) in [6.45, 7) is 7.46. The average Bonchev–Trinajstić information content (AvgIpc) is 2.77. The third-order valence-corrected chi connectivity index (χ3v) is 3.74. The summed E-state index contributed by atoms with van der Waals surface area (Å²) < 4.78 is 11.6. The van der Waals surface area contributed by atoms with E-state index in [1.807, 2.05) is 0 Å². The summed E-state index contributed by atoms with van der Waals surface area (Å²) in [4.78, 5) is 0. The lowest BCUT2D eigenvalue weighted by Gasteiger charge is -2.19. The van der Waals surface area contributed by atoms with E-state index in [0.29, 0.717) is 6.04 Å². The van der Waals surface area contributed by atoms with Crippen molar-refractivity contribution < 1.29 is 9.47 Å². The lowest BCUT2D eigenvalue weighted by Crippen LogP contribution is -2.30. The van der Waals surface area contributed by atoms with Crippen LogP contribution >= 0.6 is 0 Å². The molecular weight excluding hydrogens is 238 g/mol. The fraction of sp³-hybridized carbons (Fsp3) is 0.625. The standard InChI is InChI=1S/C16H25NO2/c1-5-8-13-15(17-7-3)12-9-11(6-2)10-14(18-4)16(12)19-13/h9-10,13,15,17H,5-8H2,1-4H3. The van der Waals surface area contributed by atoms with Crippen molar-refractivity contribution in [2.24, 2.45) is 0 Å². The fourth-order valence-corrected chi connectivity index (χ4v) is 2.79. The highest BCUT2D eigenvalue weighted by Crippen LogP contribution is 2.45. The molecule has 1 N–H and O–H groups in total. The second-order valence-corrected chi connectivity index (χ2v) is 5.05. The first-order valence-electron chi connectivity index (χ1n) is 7.35. The van der Waals surface area contributed by atoms with E-state index >= 15 is 0 Å². The molecule has 106 valence electrons. The van der Waals surface area contributed by atoms with Crippen LogP contribution in [0.3, 0.4) is 0 Å². The first-order valence-corrected chi connectivity index (χ1v) is 7.35. The van der Waals surface area contributed by atoms with Gasteiger partial charge in [0.15, 0.2) is 11.5 Å². The summed E-state index contributed by atoms with van der Waals surface area (Å²) >= 11 is 0. The molecule has 0 saturated heterocycles. The molecule has 19 heavy (non-hydrogen) atoms. The number of benzene rings is 1. The van der Waals surface area contributed by atoms with Crippen molar-refractivity contribution in [2.45, 2.75) is 52.2 Å². The molecule has 0 amide bonds. The highest BCUT2D eigenvalue weighted by molar-refractivity contribution is 5.53. The van der Waals surface area contributed by atoms with E-state index in [4.69, 9.17) is 9.47 Å². The topological polar surface area (TPSA) is 30.5 Å². The molecule has 1 aliphatic heterocycles. The van der Waals surface area contributed by atoms with Gasteiger partial charge < -0.3 is 14.8 Å². The van der Waals surface area contributed by atoms with Gasteiger partial charge in [-0.05, 0) is 31.0 Å². The van der Waals surface area contributed by atoms with Crippen LogP contribution in [0.15, 0.2) is 12.1 Å². The molecule has 3 heteroatoms. The molecule has 0 aliphatic carbocycles. The van der Waals surface area contributed by atoms with Crippen LogP contribution in [0.4, 0.5) is 0 Å². The molecule has 2 unspecified atom stereocenters. The summed E-state index contributed by atoms with van der Waals surface area (Å²) in [6, 6.07) is 4.65. The van der Waals surface area contributed by atoms with E-state index in [-0.39, 0.29) is 6.10 Å². The van der Waals surface area contributed by atoms with E-state index in [1.54, 1.807) is 7.11 Å². The maximum atomic E-state index is 6.15. The number of hydrogen-bond donors (Lipinski definition) is 1. The van der Waals surface area contributed by atoms with Crippen LogP contribution in [-0.2, 0) is 6.42 Å². The normalized spacial score (nSPS) is 21.1. The lowest BCUT2D eigenvalue weighted by atomic mass is 9.97. The Balaban J connectivity index is 2.40. The van der Waals surface area contributed by atoms with Crippen LogP contribution in [0.2, 0.25) is 0 Å². The second-order valence-electron chi connectivity index (χ2n) is 5.05. The summed E-state index contributed by atoms with van der Waals surface area (Å²) in [5, 5.41) is 3.56. The fourth-order valence-electron chi connectivity index (χ4n) is 2.79. The number of aryl methyl sites for hydroxylation is 1. The third-order valence-electron chi connectivity index (χ3n) is 3.74. The molecule has 3 nitrogen and oxygen atoms in total. The molecule has 0 spiro atoms. The minimum absolute atomic E-state index is 0.223. The second kappa shape index (κ2) is 6.29. The van der Waals surface area contributed by atoms with Crippen molar-refractivity contribution in [1.82, 2.24) is 5.32 Å². The Hall–Kier alpha value is -1.22. The number of fused-ring (bicyclic) bond motifs is 1. The molecule has 0 saturated carbocycles. The van der Waals surface area contributed by atoms with Gasteiger partial charge in [-0.2, -0.15) is 0 Å². The van der Waals surface area contributed by atoms with Crippen molar-refractivity contribution in [3.05, 3.63) is 23.3 Å². The molecule has 1 aromatic rings. The number of ether oxygens (including phenoxy) is 2. The molecule has 0 bridgehead atoms. The average molecular weight is 263 g/mol. The van der Waals surface area contributed by atoms with E-state index in [0.717, 1.165) is 37.3 Å². The van der Waals surface area contributed by atoms with Crippen molar-refractivity contribution in [3.8, 4) is 11.5 Å². The monoisotopic (exact) mass is 263 g/mol. The number of nitrogens with one attached hydrogen (secondary N) is 1. The molecule has 1 aliphatic rings. The maximum Gasteiger partial charge on any atom is 0.166 e. The highest BCUT2D eigenvalue weighted by Gasteiger charge is 2.35. The van der Waals surface area contributed by atoms with E-state index in [2.05, 4.69) is 38.2 Å². The van der Waals surface area contributed by atoms with Crippen LogP contribution < -0.4 is 14.8 Å². The van der Waals surface area contributed by atoms with Crippen molar-refractivity contribution in [3.63, 3.8) is 0 Å². The van der Waals surface area contributed by atoms with Crippen LogP contribution in [0.5, 0.6) is 11.5 Å². The Morgan fingerprint density at radius 1 is 1.26 bits per heavy atom. The van der Waals surface area contributed by atoms with Gasteiger partial charge in [-0.15, -0.1) is 0 Å². The third kappa shape index (κ3) is 2.71. The zero-order valence-corrected chi connectivity index (χ0v) is 12.5. The van der Waals surface area contributed by atoms with Crippen LogP contribution in [0, 0.1) is 0 Å². The Morgan fingerprint density at radius 3 is 2.63 bits per heavy atom. The first kappa shape index (κ1) is 14.2. The van der Waals surface area contributed by atoms with Gasteiger partial charge in [0.2, 0.25) is 0 Å². The number of rotatable bonds is 6. The quantitative estimate of drug-likeness (QED) is 0.852. The van der Waals surface area contributed by atoms with Gasteiger partial charge >= 0.3 is 0 Å². The van der Waals surface area contributed by atoms with Gasteiger partial charge in [-0.1, -0.05) is 33.3 Å². The maximum absolute atomic E-state index is 6.15. The van der Waals surface area contributed by atoms with Crippen LogP contribution in [0.25, 0.3) is 0 Å². The van der Waals surface area contributed by atoms with Crippen LogP contribution in [0.1, 0.15) is 50.8 Å². The molecule has 2 rings (SSSR count). The molecular formula is C16H25NO2. The Kier molecular flexibility index (Phi) is 4.70. The summed E-state index contributed by atoms with van der Waals surface area (Å²) in [5.41, 5.74) is 2.57. The number of hydrogen-bond acceptors (Lipinski definition) is 3. The van der Waals surface area contributed by atoms with Gasteiger partial charge in [0.05, 0.1) is 13.2 Å². The first-order chi connectivity index (χ1) is 9.24. The largest absolute Gasteiger partial charge is 0.493 e. The smallest absolute Gasteiger partial charge is 0.166 e. The van der Waals surface area contributed by atoms with Gasteiger partial charge in [0.1, 0.15) is 6.10 Å². The Morgan fingerprint density at radius 2 is 2.05 bits per heavy atom. The van der Waals surface area contributed by atoms with E-state index in [9.17, 15) is 0 Å². The van der Waals surface area contributed by atoms with E-state index in [1.165, 1.54) is 11.1 Å². The molecule has 0 fully saturated rings. The minimum atomic E-state index is 0.223. The summed E-state index contributed by atoms with van der Waals surface area (Å²) in [5.74, 6) is 1.81. The lowest BCUT2D eigenvalue weighted by molar-refractivity contribution is 0.174. The van der Waals surface area contributed by atoms with Crippen molar-refractivity contribution in [2.75, 3.05) is 13.7 Å². The van der Waals surface area contributed by atoms with Crippen molar-refractivity contribution >= 4 is 0 Å². The molecule has 1 heterocycles. The predicted octanol–water partition coefficient (Wildman–Crippen LogP) is 3.47. The zero-order valence-electron chi connectivity index (χ0n) is 12.5. The van der Waals surface area contributed by atoms with E-state index < -0.39 is 0 Å². The van der Waals surface area contributed by atoms with Gasteiger partial charge in [0, 0.05) is 5.56 Å². The molecule has 1 aromatic carbocycles. The zero-order chi connectivity index (χ0) is 13.8. The predicted molar refractivity (Wildman–Crippen MR) is 78.1 cm³/mol. The van der Waals surface area contributed by atoms with Gasteiger partial charge in [-0.25, -0.2) is 0 Å². The van der Waals surface area contributed by atoms with Gasteiger partial charge in [-0.3, -0.25) is 0 Å². The Labute approximate surface area is 116 Å². The minimum Gasteiger partial charge on any atom is -0.493 e. The number of likely N-dealkylation sites (N-methyl/N-ethyl adjacent to an activating group) is 1. The molecule has 0 radical (unpaired) electrons. The summed E-state index contributed by atoms with van der Waals surface area (Å²) in [7, 11) is 1.72. The van der Waals surface area contributed by atoms with Crippen molar-refractivity contribution in [1.29, 1.82) is 0 Å². The molecule has 0 aromatic heterocycles. The van der Waals surface area contributed by atoms with Crippen LogP contribution in [-0.4, -0.2) is 19.8 Å².